The molecule has 1 aliphatic rings. The molecule has 2 unspecified atom stereocenters. The smallest absolute Gasteiger partial charge is 0.0615 e. The topological polar surface area (TPSA) is 9.23 Å². The van der Waals surface area contributed by atoms with Gasteiger partial charge in [0.15, 0.2) is 0 Å². The SMILES string of the molecule is CC1OCCC1(CBr)Cc1ccc(I)cc1. The Hall–Kier alpha value is 0.390. The van der Waals surface area contributed by atoms with Gasteiger partial charge in [0.25, 0.3) is 0 Å². The standard InChI is InChI=1S/C13H16BrIO/c1-10-13(9-14,6-7-16-10)8-11-2-4-12(15)5-3-11/h2-5,10H,6-9H2,1H3. The lowest BCUT2D eigenvalue weighted by Crippen LogP contribution is -2.32. The molecule has 16 heavy (non-hydrogen) atoms. The number of benzene rings is 1. The third kappa shape index (κ3) is 2.62. The van der Waals surface area contributed by atoms with Crippen LogP contribution in [0.25, 0.3) is 0 Å². The van der Waals surface area contributed by atoms with E-state index in [0.717, 1.165) is 24.8 Å². The fourth-order valence-electron chi connectivity index (χ4n) is 2.28. The van der Waals surface area contributed by atoms with Crippen molar-refractivity contribution in [1.82, 2.24) is 0 Å². The monoisotopic (exact) mass is 394 g/mol. The number of hydrogen-bond donors (Lipinski definition) is 0. The lowest BCUT2D eigenvalue weighted by atomic mass is 9.78. The molecule has 2 atom stereocenters. The third-order valence-electron chi connectivity index (χ3n) is 3.57. The minimum Gasteiger partial charge on any atom is -0.378 e. The zero-order chi connectivity index (χ0) is 11.6. The van der Waals surface area contributed by atoms with Crippen molar-refractivity contribution in [3.8, 4) is 0 Å². The number of ether oxygens (including phenoxy) is 1. The van der Waals surface area contributed by atoms with Crippen LogP contribution < -0.4 is 0 Å². The summed E-state index contributed by atoms with van der Waals surface area (Å²) in [4.78, 5) is 0. The Morgan fingerprint density at radius 2 is 2.12 bits per heavy atom. The molecule has 0 N–H and O–H groups in total. The number of alkyl halides is 1. The highest BCUT2D eigenvalue weighted by atomic mass is 127. The van der Waals surface area contributed by atoms with E-state index in [9.17, 15) is 0 Å². The molecule has 0 amide bonds. The van der Waals surface area contributed by atoms with Gasteiger partial charge in [0.2, 0.25) is 0 Å². The minimum atomic E-state index is 0.285. The summed E-state index contributed by atoms with van der Waals surface area (Å²) in [5, 5.41) is 1.02. The van der Waals surface area contributed by atoms with Gasteiger partial charge in [0.05, 0.1) is 6.10 Å². The molecule has 1 nitrogen and oxygen atoms in total. The third-order valence-corrected chi connectivity index (χ3v) is 5.40. The summed E-state index contributed by atoms with van der Waals surface area (Å²) < 4.78 is 7.02. The average molecular weight is 395 g/mol. The van der Waals surface area contributed by atoms with Crippen LogP contribution in [-0.2, 0) is 11.2 Å². The molecule has 0 spiro atoms. The molecule has 3 heteroatoms. The largest absolute Gasteiger partial charge is 0.378 e. The highest BCUT2D eigenvalue weighted by Gasteiger charge is 2.40. The first-order chi connectivity index (χ1) is 7.66. The van der Waals surface area contributed by atoms with E-state index in [4.69, 9.17) is 4.74 Å². The molecule has 1 fully saturated rings. The van der Waals surface area contributed by atoms with E-state index in [-0.39, 0.29) is 5.41 Å². The summed E-state index contributed by atoms with van der Waals surface area (Å²) in [5.74, 6) is 0. The lowest BCUT2D eigenvalue weighted by molar-refractivity contribution is 0.0746. The molecule has 1 saturated heterocycles. The zero-order valence-corrected chi connectivity index (χ0v) is 13.1. The second-order valence-corrected chi connectivity index (χ2v) is 6.37. The normalized spacial score (nSPS) is 29.6. The fourth-order valence-corrected chi connectivity index (χ4v) is 3.58. The van der Waals surface area contributed by atoms with Crippen LogP contribution in [0.15, 0.2) is 24.3 Å². The average Bonchev–Trinajstić information content (AvgIpc) is 2.64. The first-order valence-electron chi connectivity index (χ1n) is 5.58. The summed E-state index contributed by atoms with van der Waals surface area (Å²) in [6.45, 7) is 3.10. The van der Waals surface area contributed by atoms with Gasteiger partial charge in [-0.25, -0.2) is 0 Å². The van der Waals surface area contributed by atoms with Gasteiger partial charge in [-0.3, -0.25) is 0 Å². The van der Waals surface area contributed by atoms with Crippen molar-refractivity contribution >= 4 is 38.5 Å². The van der Waals surface area contributed by atoms with Gasteiger partial charge < -0.3 is 4.74 Å². The van der Waals surface area contributed by atoms with E-state index >= 15 is 0 Å². The molecular weight excluding hydrogens is 379 g/mol. The lowest BCUT2D eigenvalue weighted by Gasteiger charge is -2.30. The summed E-state index contributed by atoms with van der Waals surface area (Å²) >= 11 is 6.01. The Morgan fingerprint density at radius 3 is 2.62 bits per heavy atom. The van der Waals surface area contributed by atoms with Crippen LogP contribution in [0, 0.1) is 8.99 Å². The highest BCUT2D eigenvalue weighted by molar-refractivity contribution is 14.1. The molecule has 88 valence electrons. The molecule has 0 bridgehead atoms. The van der Waals surface area contributed by atoms with Crippen molar-refractivity contribution in [2.75, 3.05) is 11.9 Å². The van der Waals surface area contributed by atoms with Gasteiger partial charge in [-0.15, -0.1) is 0 Å². The molecule has 2 rings (SSSR count). The van der Waals surface area contributed by atoms with Crippen LogP contribution in [-0.4, -0.2) is 18.0 Å². The van der Waals surface area contributed by atoms with Crippen molar-refractivity contribution in [3.05, 3.63) is 33.4 Å². The maximum atomic E-state index is 5.72. The quantitative estimate of drug-likeness (QED) is 0.555. The summed E-state index contributed by atoms with van der Waals surface area (Å²) in [6.07, 6.45) is 2.62. The van der Waals surface area contributed by atoms with E-state index < -0.39 is 0 Å². The summed E-state index contributed by atoms with van der Waals surface area (Å²) in [7, 11) is 0. The van der Waals surface area contributed by atoms with E-state index in [0.29, 0.717) is 6.10 Å². The predicted molar refractivity (Wildman–Crippen MR) is 79.1 cm³/mol. The van der Waals surface area contributed by atoms with Crippen LogP contribution in [0.2, 0.25) is 0 Å². The second kappa shape index (κ2) is 5.36. The van der Waals surface area contributed by atoms with Crippen LogP contribution in [0.4, 0.5) is 0 Å². The van der Waals surface area contributed by atoms with Crippen molar-refractivity contribution in [2.45, 2.75) is 25.9 Å². The first kappa shape index (κ1) is 12.8. The van der Waals surface area contributed by atoms with E-state index in [1.165, 1.54) is 9.13 Å². The van der Waals surface area contributed by atoms with Crippen molar-refractivity contribution < 1.29 is 4.74 Å². The van der Waals surface area contributed by atoms with Crippen LogP contribution in [0.5, 0.6) is 0 Å². The van der Waals surface area contributed by atoms with Gasteiger partial charge in [0.1, 0.15) is 0 Å². The Morgan fingerprint density at radius 1 is 1.44 bits per heavy atom. The van der Waals surface area contributed by atoms with Crippen molar-refractivity contribution in [2.24, 2.45) is 5.41 Å². The molecule has 0 saturated carbocycles. The number of hydrogen-bond acceptors (Lipinski definition) is 1. The minimum absolute atomic E-state index is 0.285. The number of halogens is 2. The van der Waals surface area contributed by atoms with Gasteiger partial charge in [-0.2, -0.15) is 0 Å². The van der Waals surface area contributed by atoms with Crippen LogP contribution in [0.1, 0.15) is 18.9 Å². The molecule has 1 aliphatic heterocycles. The van der Waals surface area contributed by atoms with Gasteiger partial charge in [-0.05, 0) is 60.1 Å². The molecule has 0 aliphatic carbocycles. The Kier molecular flexibility index (Phi) is 4.30. The summed E-state index contributed by atoms with van der Waals surface area (Å²) in [6, 6.07) is 8.82. The highest BCUT2D eigenvalue weighted by Crippen LogP contribution is 2.39. The fraction of sp³-hybridized carbons (Fsp3) is 0.538. The Balaban J connectivity index is 2.15. The zero-order valence-electron chi connectivity index (χ0n) is 9.38. The van der Waals surface area contributed by atoms with E-state index in [1.54, 1.807) is 0 Å². The maximum Gasteiger partial charge on any atom is 0.0615 e. The Bertz CT molecular complexity index is 351. The molecular formula is C13H16BrIO. The second-order valence-electron chi connectivity index (χ2n) is 4.56. The Labute approximate surface area is 119 Å². The van der Waals surface area contributed by atoms with Gasteiger partial charge in [0, 0.05) is 20.9 Å². The van der Waals surface area contributed by atoms with Crippen molar-refractivity contribution in [1.29, 1.82) is 0 Å². The molecule has 1 heterocycles. The van der Waals surface area contributed by atoms with Crippen molar-refractivity contribution in [3.63, 3.8) is 0 Å². The molecule has 1 aromatic carbocycles. The summed E-state index contributed by atoms with van der Waals surface area (Å²) in [5.41, 5.74) is 1.70. The van der Waals surface area contributed by atoms with Gasteiger partial charge in [-0.1, -0.05) is 28.1 Å². The predicted octanol–water partition coefficient (Wildman–Crippen LogP) is 4.02. The molecule has 0 radical (unpaired) electrons. The molecule has 1 aromatic rings. The van der Waals surface area contributed by atoms with Crippen LogP contribution in [0.3, 0.4) is 0 Å². The maximum absolute atomic E-state index is 5.72. The van der Waals surface area contributed by atoms with Gasteiger partial charge >= 0.3 is 0 Å². The van der Waals surface area contributed by atoms with E-state index in [1.807, 2.05) is 0 Å². The van der Waals surface area contributed by atoms with Crippen LogP contribution >= 0.6 is 38.5 Å². The molecule has 0 aromatic heterocycles. The first-order valence-corrected chi connectivity index (χ1v) is 7.78. The number of rotatable bonds is 3. The van der Waals surface area contributed by atoms with E-state index in [2.05, 4.69) is 69.7 Å².